The van der Waals surface area contributed by atoms with Crippen molar-refractivity contribution in [2.75, 3.05) is 24.7 Å². The lowest BCUT2D eigenvalue weighted by atomic mass is 9.95. The zero-order valence-corrected chi connectivity index (χ0v) is 11.2. The Balaban J connectivity index is 2.04. The number of piperidine rings is 1. The van der Waals surface area contributed by atoms with Gasteiger partial charge in [-0.2, -0.15) is 0 Å². The molecular formula is C11H18N2O4S. The average molecular weight is 274 g/mol. The number of hydrogen-bond donors (Lipinski definition) is 2. The molecule has 2 atom stereocenters. The van der Waals surface area contributed by atoms with Crippen LogP contribution in [0.2, 0.25) is 0 Å². The maximum atomic E-state index is 12.3. The van der Waals surface area contributed by atoms with Crippen LogP contribution in [-0.2, 0) is 4.79 Å². The lowest BCUT2D eigenvalue weighted by Gasteiger charge is -2.39. The van der Waals surface area contributed by atoms with E-state index in [-0.39, 0.29) is 12.6 Å². The molecule has 0 aromatic rings. The Morgan fingerprint density at radius 1 is 1.44 bits per heavy atom. The van der Waals surface area contributed by atoms with Crippen LogP contribution in [0, 0.1) is 0 Å². The smallest absolute Gasteiger partial charge is 0.327 e. The Morgan fingerprint density at radius 2 is 2.17 bits per heavy atom. The highest BCUT2D eigenvalue weighted by Crippen LogP contribution is 2.26. The fourth-order valence-corrected chi connectivity index (χ4v) is 3.54. The molecule has 0 aromatic heterocycles. The van der Waals surface area contributed by atoms with Crippen molar-refractivity contribution in [1.29, 1.82) is 0 Å². The summed E-state index contributed by atoms with van der Waals surface area (Å²) >= 11 is 1.45. The summed E-state index contributed by atoms with van der Waals surface area (Å²) in [6.45, 7) is 2.57. The topological polar surface area (TPSA) is 81.1 Å². The van der Waals surface area contributed by atoms with Gasteiger partial charge in [0.2, 0.25) is 0 Å². The first-order chi connectivity index (χ1) is 8.41. The van der Waals surface area contributed by atoms with Crippen molar-refractivity contribution in [2.45, 2.75) is 31.4 Å². The van der Waals surface area contributed by atoms with Gasteiger partial charge in [0.1, 0.15) is 6.04 Å². The van der Waals surface area contributed by atoms with Crippen LogP contribution in [0.15, 0.2) is 0 Å². The average Bonchev–Trinajstić information content (AvgIpc) is 2.75. The molecule has 2 amide bonds. The number of β-amino-alcohol motifs (C(OH)–C–C–N with tert-alkyl or cyclic N) is 1. The highest BCUT2D eigenvalue weighted by atomic mass is 32.2. The molecular weight excluding hydrogens is 256 g/mol. The van der Waals surface area contributed by atoms with Crippen LogP contribution in [0.4, 0.5) is 4.79 Å². The summed E-state index contributed by atoms with van der Waals surface area (Å²) in [5, 5.41) is 19.0. The molecule has 102 valence electrons. The lowest BCUT2D eigenvalue weighted by molar-refractivity contribution is -0.141. The molecule has 2 heterocycles. The first kappa shape index (κ1) is 13.5. The standard InChI is InChI=1S/C11H18N2O4S/c1-11(17)3-2-4-12(6-11)10(16)13-7-18-5-8(13)9(14)15/h8,17H,2-7H2,1H3,(H,14,15). The van der Waals surface area contributed by atoms with E-state index in [4.69, 9.17) is 5.11 Å². The highest BCUT2D eigenvalue weighted by Gasteiger charge is 2.39. The molecule has 0 spiro atoms. The Morgan fingerprint density at radius 3 is 2.78 bits per heavy atom. The van der Waals surface area contributed by atoms with Gasteiger partial charge in [-0.15, -0.1) is 11.8 Å². The van der Waals surface area contributed by atoms with Gasteiger partial charge < -0.3 is 20.0 Å². The highest BCUT2D eigenvalue weighted by molar-refractivity contribution is 7.99. The van der Waals surface area contributed by atoms with E-state index in [0.717, 1.165) is 6.42 Å². The third-order valence-electron chi connectivity index (χ3n) is 3.36. The Hall–Kier alpha value is -0.950. The number of rotatable bonds is 1. The van der Waals surface area contributed by atoms with Gasteiger partial charge in [-0.3, -0.25) is 0 Å². The lowest BCUT2D eigenvalue weighted by Crippen LogP contribution is -2.55. The second kappa shape index (κ2) is 4.97. The quantitative estimate of drug-likeness (QED) is 0.724. The Bertz CT molecular complexity index is 361. The van der Waals surface area contributed by atoms with E-state index in [1.807, 2.05) is 0 Å². The number of aliphatic carboxylic acids is 1. The Kier molecular flexibility index (Phi) is 3.72. The Labute approximate surface area is 110 Å². The van der Waals surface area contributed by atoms with Crippen LogP contribution < -0.4 is 0 Å². The number of aliphatic hydroxyl groups is 1. The van der Waals surface area contributed by atoms with E-state index >= 15 is 0 Å². The SMILES string of the molecule is CC1(O)CCCN(C(=O)N2CSCC2C(=O)O)C1. The first-order valence-corrected chi connectivity index (χ1v) is 7.15. The fraction of sp³-hybridized carbons (Fsp3) is 0.818. The molecule has 0 aromatic carbocycles. The fourth-order valence-electron chi connectivity index (χ4n) is 2.40. The monoisotopic (exact) mass is 274 g/mol. The number of carbonyl (C=O) groups is 2. The van der Waals surface area contributed by atoms with E-state index in [1.54, 1.807) is 11.8 Å². The summed E-state index contributed by atoms with van der Waals surface area (Å²) < 4.78 is 0. The predicted octanol–water partition coefficient (Wildman–Crippen LogP) is 0.413. The summed E-state index contributed by atoms with van der Waals surface area (Å²) in [6, 6.07) is -1.01. The minimum atomic E-state index is -0.961. The van der Waals surface area contributed by atoms with Gasteiger partial charge in [-0.05, 0) is 19.8 Å². The van der Waals surface area contributed by atoms with Gasteiger partial charge in [-0.25, -0.2) is 9.59 Å². The molecule has 18 heavy (non-hydrogen) atoms. The molecule has 2 fully saturated rings. The third kappa shape index (κ3) is 2.72. The molecule has 7 heteroatoms. The van der Waals surface area contributed by atoms with Crippen molar-refractivity contribution in [3.8, 4) is 0 Å². The number of urea groups is 1. The molecule has 2 N–H and O–H groups in total. The van der Waals surface area contributed by atoms with E-state index in [2.05, 4.69) is 0 Å². The zero-order chi connectivity index (χ0) is 13.3. The molecule has 0 saturated carbocycles. The van der Waals surface area contributed by atoms with Gasteiger partial charge >= 0.3 is 12.0 Å². The number of carbonyl (C=O) groups excluding carboxylic acids is 1. The number of carboxylic acids is 1. The number of likely N-dealkylation sites (tertiary alicyclic amines) is 1. The molecule has 2 rings (SSSR count). The molecule has 2 aliphatic rings. The van der Waals surface area contributed by atoms with E-state index in [1.165, 1.54) is 16.7 Å². The van der Waals surface area contributed by atoms with Crippen LogP contribution >= 0.6 is 11.8 Å². The zero-order valence-electron chi connectivity index (χ0n) is 10.3. The second-order valence-electron chi connectivity index (χ2n) is 5.13. The minimum Gasteiger partial charge on any atom is -0.480 e. The molecule has 2 unspecified atom stereocenters. The largest absolute Gasteiger partial charge is 0.480 e. The van der Waals surface area contributed by atoms with E-state index in [9.17, 15) is 14.7 Å². The van der Waals surface area contributed by atoms with Crippen LogP contribution in [0.3, 0.4) is 0 Å². The van der Waals surface area contributed by atoms with Crippen molar-refractivity contribution < 1.29 is 19.8 Å². The second-order valence-corrected chi connectivity index (χ2v) is 6.13. The van der Waals surface area contributed by atoms with Gasteiger partial charge in [-0.1, -0.05) is 0 Å². The van der Waals surface area contributed by atoms with Gasteiger partial charge in [0.05, 0.1) is 18.0 Å². The summed E-state index contributed by atoms with van der Waals surface area (Å²) in [6.07, 6.45) is 1.42. The summed E-state index contributed by atoms with van der Waals surface area (Å²) in [4.78, 5) is 26.3. The summed E-state index contributed by atoms with van der Waals surface area (Å²) in [7, 11) is 0. The van der Waals surface area contributed by atoms with Crippen molar-refractivity contribution in [3.63, 3.8) is 0 Å². The molecule has 0 bridgehead atoms. The number of carboxylic acid groups (broad SMARTS) is 1. The van der Waals surface area contributed by atoms with Crippen molar-refractivity contribution in [2.24, 2.45) is 0 Å². The maximum absolute atomic E-state index is 12.3. The van der Waals surface area contributed by atoms with Gasteiger partial charge in [0.15, 0.2) is 0 Å². The normalized spacial score (nSPS) is 32.7. The van der Waals surface area contributed by atoms with Crippen LogP contribution in [0.25, 0.3) is 0 Å². The van der Waals surface area contributed by atoms with Crippen LogP contribution in [0.1, 0.15) is 19.8 Å². The summed E-state index contributed by atoms with van der Waals surface area (Å²) in [5.74, 6) is -0.114. The molecule has 0 aliphatic carbocycles. The number of thioether (sulfide) groups is 1. The van der Waals surface area contributed by atoms with Crippen molar-refractivity contribution in [3.05, 3.63) is 0 Å². The van der Waals surface area contributed by atoms with Crippen molar-refractivity contribution >= 4 is 23.8 Å². The minimum absolute atomic E-state index is 0.271. The van der Waals surface area contributed by atoms with Crippen molar-refractivity contribution in [1.82, 2.24) is 9.80 Å². The van der Waals surface area contributed by atoms with Crippen LogP contribution in [-0.4, -0.2) is 68.4 Å². The number of amides is 2. The summed E-state index contributed by atoms with van der Waals surface area (Å²) in [5.41, 5.74) is -0.862. The third-order valence-corrected chi connectivity index (χ3v) is 4.37. The maximum Gasteiger partial charge on any atom is 0.327 e. The molecule has 2 aliphatic heterocycles. The van der Waals surface area contributed by atoms with Gasteiger partial charge in [0, 0.05) is 12.3 Å². The number of hydrogen-bond acceptors (Lipinski definition) is 4. The first-order valence-electron chi connectivity index (χ1n) is 5.99. The predicted molar refractivity (Wildman–Crippen MR) is 67.4 cm³/mol. The van der Waals surface area contributed by atoms with E-state index < -0.39 is 17.6 Å². The molecule has 0 radical (unpaired) electrons. The molecule has 6 nitrogen and oxygen atoms in total. The van der Waals surface area contributed by atoms with Crippen LogP contribution in [0.5, 0.6) is 0 Å². The molecule has 2 saturated heterocycles. The van der Waals surface area contributed by atoms with Gasteiger partial charge in [0.25, 0.3) is 0 Å². The van der Waals surface area contributed by atoms with E-state index in [0.29, 0.717) is 24.6 Å². The number of nitrogens with zero attached hydrogens (tertiary/aromatic N) is 2.